The van der Waals surface area contributed by atoms with Crippen LogP contribution in [0.1, 0.15) is 18.9 Å². The third-order valence-electron chi connectivity index (χ3n) is 4.91. The van der Waals surface area contributed by atoms with Crippen molar-refractivity contribution in [3.8, 4) is 0 Å². The molecule has 0 aliphatic carbocycles. The predicted octanol–water partition coefficient (Wildman–Crippen LogP) is 0.412. The number of benzene rings is 1. The zero-order valence-electron chi connectivity index (χ0n) is 14.0. The monoisotopic (exact) mass is 351 g/mol. The molecule has 6 nitrogen and oxygen atoms in total. The Morgan fingerprint density at radius 1 is 1.38 bits per heavy atom. The highest BCUT2D eigenvalue weighted by Crippen LogP contribution is 2.26. The number of fused-ring (bicyclic) bond motifs is 1. The number of hydrogen-bond acceptors (Lipinski definition) is 5. The van der Waals surface area contributed by atoms with Crippen LogP contribution in [0.25, 0.3) is 0 Å². The minimum Gasteiger partial charge on any atom is -0.360 e. The van der Waals surface area contributed by atoms with E-state index in [-0.39, 0.29) is 36.0 Å². The lowest BCUT2D eigenvalue weighted by Crippen LogP contribution is -2.50. The second-order valence-corrected chi connectivity index (χ2v) is 8.94. The number of carbonyl (C=O) groups excluding carboxylic acids is 1. The van der Waals surface area contributed by atoms with Crippen LogP contribution in [0.3, 0.4) is 0 Å². The lowest BCUT2D eigenvalue weighted by molar-refractivity contribution is -0.131. The summed E-state index contributed by atoms with van der Waals surface area (Å²) in [5, 5.41) is 0. The largest absolute Gasteiger partial charge is 0.360 e. The number of likely N-dealkylation sites (N-methyl/N-ethyl adjacent to an activating group) is 1. The van der Waals surface area contributed by atoms with E-state index in [4.69, 9.17) is 5.73 Å². The van der Waals surface area contributed by atoms with Crippen LogP contribution in [0.15, 0.2) is 24.3 Å². The second kappa shape index (κ2) is 6.72. The van der Waals surface area contributed by atoms with Gasteiger partial charge in [-0.3, -0.25) is 4.79 Å². The average molecular weight is 351 g/mol. The molecule has 2 aliphatic heterocycles. The number of sulfone groups is 1. The van der Waals surface area contributed by atoms with Crippen LogP contribution < -0.4 is 10.6 Å². The minimum absolute atomic E-state index is 0.00892. The SMILES string of the molecule is CCN(C(=O)CN1CC(N)Cc2ccccc21)C1CCS(=O)(=O)C1. The van der Waals surface area contributed by atoms with Crippen LogP contribution in [0.4, 0.5) is 5.69 Å². The maximum absolute atomic E-state index is 12.8. The lowest BCUT2D eigenvalue weighted by atomic mass is 9.98. The van der Waals surface area contributed by atoms with Gasteiger partial charge in [-0.1, -0.05) is 18.2 Å². The molecule has 2 aliphatic rings. The third kappa shape index (κ3) is 3.57. The topological polar surface area (TPSA) is 83.7 Å². The smallest absolute Gasteiger partial charge is 0.242 e. The summed E-state index contributed by atoms with van der Waals surface area (Å²) in [5.74, 6) is 0.241. The summed E-state index contributed by atoms with van der Waals surface area (Å²) in [6.07, 6.45) is 1.36. The van der Waals surface area contributed by atoms with E-state index in [2.05, 4.69) is 0 Å². The standard InChI is InChI=1S/C17H25N3O3S/c1-2-20(15-7-8-24(22,23)12-15)17(21)11-19-10-14(18)9-13-5-3-4-6-16(13)19/h3-6,14-15H,2,7-12,18H2,1H3. The van der Waals surface area contributed by atoms with E-state index in [9.17, 15) is 13.2 Å². The van der Waals surface area contributed by atoms with Crippen LogP contribution in [0.2, 0.25) is 0 Å². The van der Waals surface area contributed by atoms with Crippen LogP contribution >= 0.6 is 0 Å². The quantitative estimate of drug-likeness (QED) is 0.850. The van der Waals surface area contributed by atoms with Gasteiger partial charge < -0.3 is 15.5 Å². The van der Waals surface area contributed by atoms with E-state index in [1.807, 2.05) is 36.1 Å². The Morgan fingerprint density at radius 2 is 2.12 bits per heavy atom. The maximum atomic E-state index is 12.8. The van der Waals surface area contributed by atoms with Gasteiger partial charge in [0.15, 0.2) is 9.84 Å². The number of hydrogen-bond donors (Lipinski definition) is 1. The van der Waals surface area contributed by atoms with Crippen molar-refractivity contribution in [3.63, 3.8) is 0 Å². The summed E-state index contributed by atoms with van der Waals surface area (Å²) >= 11 is 0. The molecule has 7 heteroatoms. The van der Waals surface area contributed by atoms with Gasteiger partial charge in [-0.2, -0.15) is 0 Å². The Balaban J connectivity index is 1.74. The van der Waals surface area contributed by atoms with Crippen molar-refractivity contribution in [1.29, 1.82) is 0 Å². The second-order valence-electron chi connectivity index (χ2n) is 6.71. The third-order valence-corrected chi connectivity index (χ3v) is 6.66. The fourth-order valence-electron chi connectivity index (χ4n) is 3.78. The maximum Gasteiger partial charge on any atom is 0.242 e. The zero-order chi connectivity index (χ0) is 17.3. The van der Waals surface area contributed by atoms with Crippen LogP contribution in [0, 0.1) is 0 Å². The highest BCUT2D eigenvalue weighted by molar-refractivity contribution is 7.91. The van der Waals surface area contributed by atoms with Crippen molar-refractivity contribution < 1.29 is 13.2 Å². The van der Waals surface area contributed by atoms with Gasteiger partial charge in [0, 0.05) is 30.9 Å². The first-order valence-corrected chi connectivity index (χ1v) is 10.3. The van der Waals surface area contributed by atoms with Gasteiger partial charge in [0.25, 0.3) is 0 Å². The molecule has 1 fully saturated rings. The molecule has 24 heavy (non-hydrogen) atoms. The summed E-state index contributed by atoms with van der Waals surface area (Å²) in [5.41, 5.74) is 8.36. The van der Waals surface area contributed by atoms with Crippen LogP contribution in [-0.2, 0) is 21.1 Å². The van der Waals surface area contributed by atoms with Crippen molar-refractivity contribution in [1.82, 2.24) is 4.90 Å². The fraction of sp³-hybridized carbons (Fsp3) is 0.588. The van der Waals surface area contributed by atoms with Gasteiger partial charge in [-0.05, 0) is 31.4 Å². The number of anilines is 1. The van der Waals surface area contributed by atoms with E-state index in [0.717, 1.165) is 17.7 Å². The molecule has 1 aromatic carbocycles. The Hall–Kier alpha value is -1.60. The van der Waals surface area contributed by atoms with Crippen molar-refractivity contribution in [3.05, 3.63) is 29.8 Å². The molecule has 0 aromatic heterocycles. The van der Waals surface area contributed by atoms with Gasteiger partial charge in [0.05, 0.1) is 18.1 Å². The molecule has 0 saturated carbocycles. The van der Waals surface area contributed by atoms with E-state index >= 15 is 0 Å². The minimum atomic E-state index is -3.00. The molecule has 2 unspecified atom stereocenters. The first-order chi connectivity index (χ1) is 11.4. The van der Waals surface area contributed by atoms with Crippen molar-refractivity contribution in [2.24, 2.45) is 5.73 Å². The Bertz CT molecular complexity index is 720. The molecule has 2 N–H and O–H groups in total. The molecule has 0 radical (unpaired) electrons. The van der Waals surface area contributed by atoms with E-state index < -0.39 is 9.84 Å². The summed E-state index contributed by atoms with van der Waals surface area (Å²) in [7, 11) is -3.00. The first-order valence-electron chi connectivity index (χ1n) is 8.48. The fourth-order valence-corrected chi connectivity index (χ4v) is 5.51. The molecule has 1 amide bonds. The van der Waals surface area contributed by atoms with Gasteiger partial charge in [-0.25, -0.2) is 8.42 Å². The lowest BCUT2D eigenvalue weighted by Gasteiger charge is -2.36. The number of carbonyl (C=O) groups is 1. The predicted molar refractivity (Wildman–Crippen MR) is 94.8 cm³/mol. The molecular weight excluding hydrogens is 326 g/mol. The average Bonchev–Trinajstić information content (AvgIpc) is 2.87. The Morgan fingerprint density at radius 3 is 2.79 bits per heavy atom. The normalized spacial score (nSPS) is 25.3. The summed E-state index contributed by atoms with van der Waals surface area (Å²) in [6, 6.07) is 7.83. The highest BCUT2D eigenvalue weighted by Gasteiger charge is 2.35. The number of nitrogens with two attached hydrogens (primary N) is 1. The summed E-state index contributed by atoms with van der Waals surface area (Å²) < 4.78 is 23.4. The van der Waals surface area contributed by atoms with Crippen molar-refractivity contribution in [2.75, 3.05) is 36.0 Å². The Kier molecular flexibility index (Phi) is 4.83. The van der Waals surface area contributed by atoms with E-state index in [0.29, 0.717) is 19.5 Å². The van der Waals surface area contributed by atoms with Gasteiger partial charge >= 0.3 is 0 Å². The molecule has 2 atom stereocenters. The molecular formula is C17H25N3O3S. The highest BCUT2D eigenvalue weighted by atomic mass is 32.2. The Labute approximate surface area is 143 Å². The molecule has 1 saturated heterocycles. The molecule has 0 bridgehead atoms. The van der Waals surface area contributed by atoms with Crippen molar-refractivity contribution >= 4 is 21.4 Å². The van der Waals surface area contributed by atoms with Gasteiger partial charge in [-0.15, -0.1) is 0 Å². The molecule has 2 heterocycles. The number of rotatable bonds is 4. The molecule has 0 spiro atoms. The van der Waals surface area contributed by atoms with Crippen LogP contribution in [0.5, 0.6) is 0 Å². The van der Waals surface area contributed by atoms with E-state index in [1.54, 1.807) is 4.90 Å². The number of amides is 1. The molecule has 3 rings (SSSR count). The van der Waals surface area contributed by atoms with Crippen LogP contribution in [-0.4, -0.2) is 62.4 Å². The number of para-hydroxylation sites is 1. The summed E-state index contributed by atoms with van der Waals surface area (Å²) in [6.45, 7) is 3.32. The summed E-state index contributed by atoms with van der Waals surface area (Å²) in [4.78, 5) is 16.5. The molecule has 132 valence electrons. The van der Waals surface area contributed by atoms with Gasteiger partial charge in [0.1, 0.15) is 0 Å². The van der Waals surface area contributed by atoms with E-state index in [1.165, 1.54) is 0 Å². The van der Waals surface area contributed by atoms with Crippen molar-refractivity contribution in [2.45, 2.75) is 31.8 Å². The molecule has 1 aromatic rings. The van der Waals surface area contributed by atoms with Gasteiger partial charge in [0.2, 0.25) is 5.91 Å². The first kappa shape index (κ1) is 17.2. The number of nitrogens with zero attached hydrogens (tertiary/aromatic N) is 2. The zero-order valence-corrected chi connectivity index (χ0v) is 14.8.